The van der Waals surface area contributed by atoms with Gasteiger partial charge in [-0.1, -0.05) is 56.5 Å². The molecule has 0 amide bonds. The highest BCUT2D eigenvalue weighted by atomic mass is 35.5. The Morgan fingerprint density at radius 2 is 1.74 bits per heavy atom. The van der Waals surface area contributed by atoms with Crippen molar-refractivity contribution < 1.29 is 5.11 Å². The van der Waals surface area contributed by atoms with Crippen molar-refractivity contribution in [3.8, 4) is 0 Å². The van der Waals surface area contributed by atoms with E-state index in [0.29, 0.717) is 0 Å². The summed E-state index contributed by atoms with van der Waals surface area (Å²) in [6, 6.07) is 10.1. The highest BCUT2D eigenvalue weighted by Gasteiger charge is 2.19. The molecule has 2 atom stereocenters. The number of nitrogens with zero attached hydrogens (tertiary/aromatic N) is 1. The van der Waals surface area contributed by atoms with Gasteiger partial charge in [0.15, 0.2) is 0 Å². The van der Waals surface area contributed by atoms with E-state index in [4.69, 9.17) is 0 Å². The fourth-order valence-electron chi connectivity index (χ4n) is 2.16. The quantitative estimate of drug-likeness (QED) is 0.729. The van der Waals surface area contributed by atoms with E-state index in [0.717, 1.165) is 12.1 Å². The molecule has 2 unspecified atom stereocenters. The van der Waals surface area contributed by atoms with Crippen LogP contribution in [0, 0.1) is 0 Å². The van der Waals surface area contributed by atoms with Crippen LogP contribution >= 0.6 is 12.4 Å². The minimum absolute atomic E-state index is 0. The minimum atomic E-state index is -0.401. The number of halogens is 1. The number of benzene rings is 1. The molecule has 0 radical (unpaired) electrons. The predicted octanol–water partition coefficient (Wildman–Crippen LogP) is 4.04. The van der Waals surface area contributed by atoms with Crippen LogP contribution in [0.5, 0.6) is 0 Å². The molecule has 0 aliphatic rings. The minimum Gasteiger partial charge on any atom is -0.387 e. The van der Waals surface area contributed by atoms with Crippen molar-refractivity contribution in [3.63, 3.8) is 0 Å². The summed E-state index contributed by atoms with van der Waals surface area (Å²) in [5.74, 6) is 0. The van der Waals surface area contributed by atoms with Crippen LogP contribution in [0.25, 0.3) is 0 Å². The van der Waals surface area contributed by atoms with Crippen LogP contribution in [0.15, 0.2) is 30.3 Å². The molecule has 0 spiro atoms. The number of aliphatic hydroxyl groups excluding tert-OH is 1. The fraction of sp³-hybridized carbons (Fsp3) is 0.625. The Hall–Kier alpha value is -0.570. The highest BCUT2D eigenvalue weighted by Crippen LogP contribution is 2.20. The molecule has 19 heavy (non-hydrogen) atoms. The Balaban J connectivity index is 0.00000324. The Kier molecular flexibility index (Phi) is 9.94. The second-order valence-electron chi connectivity index (χ2n) is 5.14. The summed E-state index contributed by atoms with van der Waals surface area (Å²) >= 11 is 0. The summed E-state index contributed by atoms with van der Waals surface area (Å²) in [4.78, 5) is 2.26. The van der Waals surface area contributed by atoms with Crippen molar-refractivity contribution in [1.29, 1.82) is 0 Å². The molecule has 0 aliphatic heterocycles. The van der Waals surface area contributed by atoms with Crippen LogP contribution in [0.4, 0.5) is 0 Å². The monoisotopic (exact) mass is 285 g/mol. The van der Waals surface area contributed by atoms with E-state index in [-0.39, 0.29) is 18.4 Å². The highest BCUT2D eigenvalue weighted by molar-refractivity contribution is 5.85. The van der Waals surface area contributed by atoms with E-state index in [2.05, 4.69) is 25.8 Å². The number of likely N-dealkylation sites (N-methyl/N-ethyl adjacent to an activating group) is 1. The first kappa shape index (κ1) is 18.4. The standard InChI is InChI=1S/C16H27NO.ClH/c1-4-5-6-10-13-17(3)14(2)16(18)15-11-8-7-9-12-15;/h7-9,11-12,14,16,18H,4-6,10,13H2,1-3H3;1H. The first-order valence-corrected chi connectivity index (χ1v) is 7.10. The fourth-order valence-corrected chi connectivity index (χ4v) is 2.16. The Morgan fingerprint density at radius 3 is 2.32 bits per heavy atom. The Bertz CT molecular complexity index is 318. The predicted molar refractivity (Wildman–Crippen MR) is 84.9 cm³/mol. The van der Waals surface area contributed by atoms with E-state index in [1.165, 1.54) is 25.7 Å². The van der Waals surface area contributed by atoms with E-state index >= 15 is 0 Å². The number of hydrogen-bond acceptors (Lipinski definition) is 2. The molecule has 0 fully saturated rings. The normalized spacial score (nSPS) is 13.9. The van der Waals surface area contributed by atoms with Crippen molar-refractivity contribution in [2.75, 3.05) is 13.6 Å². The lowest BCUT2D eigenvalue weighted by atomic mass is 10.0. The first-order chi connectivity index (χ1) is 8.66. The molecule has 1 rings (SSSR count). The average Bonchev–Trinajstić information content (AvgIpc) is 2.42. The van der Waals surface area contributed by atoms with E-state index in [1.54, 1.807) is 0 Å². The molecular formula is C16H28ClNO. The lowest BCUT2D eigenvalue weighted by Gasteiger charge is -2.29. The van der Waals surface area contributed by atoms with Gasteiger partial charge in [-0.05, 0) is 32.5 Å². The molecule has 1 aromatic rings. The zero-order valence-corrected chi connectivity index (χ0v) is 13.2. The summed E-state index contributed by atoms with van der Waals surface area (Å²) < 4.78 is 0. The van der Waals surface area contributed by atoms with Gasteiger partial charge < -0.3 is 10.0 Å². The molecule has 0 saturated carbocycles. The SMILES string of the molecule is CCCCCCN(C)C(C)C(O)c1ccccc1.Cl. The Labute approximate surface area is 124 Å². The third-order valence-electron chi connectivity index (χ3n) is 3.66. The van der Waals surface area contributed by atoms with Crippen molar-refractivity contribution >= 4 is 12.4 Å². The van der Waals surface area contributed by atoms with E-state index in [9.17, 15) is 5.11 Å². The molecule has 1 N–H and O–H groups in total. The van der Waals surface area contributed by atoms with Gasteiger partial charge in [0, 0.05) is 6.04 Å². The van der Waals surface area contributed by atoms with Gasteiger partial charge in [0.1, 0.15) is 0 Å². The lowest BCUT2D eigenvalue weighted by Crippen LogP contribution is -2.35. The summed E-state index contributed by atoms with van der Waals surface area (Å²) in [5, 5.41) is 10.3. The number of aliphatic hydroxyl groups is 1. The molecule has 3 heteroatoms. The number of unbranched alkanes of at least 4 members (excludes halogenated alkanes) is 3. The van der Waals surface area contributed by atoms with Gasteiger partial charge in [-0.2, -0.15) is 0 Å². The zero-order valence-electron chi connectivity index (χ0n) is 12.4. The maximum absolute atomic E-state index is 10.3. The Morgan fingerprint density at radius 1 is 1.11 bits per heavy atom. The molecular weight excluding hydrogens is 258 g/mol. The zero-order chi connectivity index (χ0) is 13.4. The molecule has 0 heterocycles. The van der Waals surface area contributed by atoms with Gasteiger partial charge in [0.05, 0.1) is 6.10 Å². The van der Waals surface area contributed by atoms with E-state index < -0.39 is 6.10 Å². The van der Waals surface area contributed by atoms with Crippen LogP contribution < -0.4 is 0 Å². The molecule has 0 bridgehead atoms. The van der Waals surface area contributed by atoms with E-state index in [1.807, 2.05) is 30.3 Å². The molecule has 0 aliphatic carbocycles. The largest absolute Gasteiger partial charge is 0.387 e. The summed E-state index contributed by atoms with van der Waals surface area (Å²) in [6.45, 7) is 5.38. The topological polar surface area (TPSA) is 23.5 Å². The van der Waals surface area contributed by atoms with Crippen LogP contribution in [-0.2, 0) is 0 Å². The third kappa shape index (κ3) is 6.42. The molecule has 2 nitrogen and oxygen atoms in total. The summed E-state index contributed by atoms with van der Waals surface area (Å²) in [7, 11) is 2.10. The van der Waals surface area contributed by atoms with Crippen molar-refractivity contribution in [3.05, 3.63) is 35.9 Å². The lowest BCUT2D eigenvalue weighted by molar-refractivity contribution is 0.0717. The van der Waals surface area contributed by atoms with Crippen LogP contribution in [0.3, 0.4) is 0 Å². The van der Waals surface area contributed by atoms with Gasteiger partial charge in [-0.3, -0.25) is 0 Å². The first-order valence-electron chi connectivity index (χ1n) is 7.10. The maximum atomic E-state index is 10.3. The average molecular weight is 286 g/mol. The molecule has 0 saturated heterocycles. The van der Waals surface area contributed by atoms with Crippen molar-refractivity contribution in [2.24, 2.45) is 0 Å². The van der Waals surface area contributed by atoms with Crippen LogP contribution in [0.1, 0.15) is 51.2 Å². The van der Waals surface area contributed by atoms with Gasteiger partial charge in [-0.15, -0.1) is 12.4 Å². The third-order valence-corrected chi connectivity index (χ3v) is 3.66. The maximum Gasteiger partial charge on any atom is 0.0942 e. The number of hydrogen-bond donors (Lipinski definition) is 1. The van der Waals surface area contributed by atoms with Crippen LogP contribution in [-0.4, -0.2) is 29.6 Å². The van der Waals surface area contributed by atoms with Crippen LogP contribution in [0.2, 0.25) is 0 Å². The molecule has 110 valence electrons. The number of rotatable bonds is 8. The van der Waals surface area contributed by atoms with Gasteiger partial charge in [-0.25, -0.2) is 0 Å². The molecule has 1 aromatic carbocycles. The van der Waals surface area contributed by atoms with Crippen molar-refractivity contribution in [2.45, 2.75) is 51.7 Å². The second-order valence-corrected chi connectivity index (χ2v) is 5.14. The van der Waals surface area contributed by atoms with Gasteiger partial charge in [0.25, 0.3) is 0 Å². The molecule has 0 aromatic heterocycles. The van der Waals surface area contributed by atoms with Gasteiger partial charge >= 0.3 is 0 Å². The second kappa shape index (κ2) is 10.2. The van der Waals surface area contributed by atoms with Crippen molar-refractivity contribution in [1.82, 2.24) is 4.90 Å². The summed E-state index contributed by atoms with van der Waals surface area (Å²) in [6.07, 6.45) is 4.68. The smallest absolute Gasteiger partial charge is 0.0942 e. The van der Waals surface area contributed by atoms with Gasteiger partial charge in [0.2, 0.25) is 0 Å². The summed E-state index contributed by atoms with van der Waals surface area (Å²) in [5.41, 5.74) is 1.01.